The lowest BCUT2D eigenvalue weighted by Gasteiger charge is -2.06. The van der Waals surface area contributed by atoms with Crippen LogP contribution in [0.15, 0.2) is 57.7 Å². The first-order chi connectivity index (χ1) is 10.5. The second-order valence-electron chi connectivity index (χ2n) is 5.31. The van der Waals surface area contributed by atoms with E-state index < -0.39 is 11.5 Å². The maximum atomic E-state index is 12.3. The largest absolute Gasteiger partial charge is 0.422 e. The number of amides is 1. The highest BCUT2D eigenvalue weighted by molar-refractivity contribution is 6.05. The number of rotatable bonds is 2. The Bertz CT molecular complexity index is 925. The first-order valence-electron chi connectivity index (χ1n) is 6.95. The molecule has 0 aliphatic rings. The van der Waals surface area contributed by atoms with Crippen LogP contribution in [-0.4, -0.2) is 5.91 Å². The molecule has 3 aromatic rings. The SMILES string of the molecule is Cc1cccc(NC(=O)c2cc3cc(C)ccc3oc2=O)c1. The smallest absolute Gasteiger partial charge is 0.349 e. The van der Waals surface area contributed by atoms with E-state index in [1.807, 2.05) is 44.2 Å². The van der Waals surface area contributed by atoms with E-state index in [1.54, 1.807) is 18.2 Å². The topological polar surface area (TPSA) is 59.3 Å². The van der Waals surface area contributed by atoms with E-state index in [0.717, 1.165) is 16.5 Å². The summed E-state index contributed by atoms with van der Waals surface area (Å²) in [6.07, 6.45) is 0. The average molecular weight is 293 g/mol. The maximum absolute atomic E-state index is 12.3. The molecule has 0 radical (unpaired) electrons. The molecule has 2 aromatic carbocycles. The highest BCUT2D eigenvalue weighted by atomic mass is 16.4. The quantitative estimate of drug-likeness (QED) is 0.733. The zero-order chi connectivity index (χ0) is 15.7. The van der Waals surface area contributed by atoms with Crippen LogP contribution in [0, 0.1) is 13.8 Å². The van der Waals surface area contributed by atoms with Gasteiger partial charge in [-0.2, -0.15) is 0 Å². The number of benzene rings is 2. The standard InChI is InChI=1S/C18H15NO3/c1-11-4-3-5-14(9-11)19-17(20)15-10-13-8-12(2)6-7-16(13)22-18(15)21/h3-10H,1-2H3,(H,19,20). The van der Waals surface area contributed by atoms with Gasteiger partial charge in [-0.15, -0.1) is 0 Å². The number of carbonyl (C=O) groups excluding carboxylic acids is 1. The van der Waals surface area contributed by atoms with Gasteiger partial charge in [-0.3, -0.25) is 4.79 Å². The van der Waals surface area contributed by atoms with Gasteiger partial charge in [0.2, 0.25) is 0 Å². The second-order valence-corrected chi connectivity index (χ2v) is 5.31. The molecular formula is C18H15NO3. The third-order valence-corrected chi connectivity index (χ3v) is 3.41. The van der Waals surface area contributed by atoms with Crippen molar-refractivity contribution in [3.63, 3.8) is 0 Å². The van der Waals surface area contributed by atoms with Crippen LogP contribution in [0.1, 0.15) is 21.5 Å². The van der Waals surface area contributed by atoms with Crippen LogP contribution in [0.2, 0.25) is 0 Å². The van der Waals surface area contributed by atoms with Gasteiger partial charge >= 0.3 is 5.63 Å². The van der Waals surface area contributed by atoms with E-state index in [1.165, 1.54) is 0 Å². The lowest BCUT2D eigenvalue weighted by molar-refractivity contribution is 0.102. The zero-order valence-electron chi connectivity index (χ0n) is 12.3. The Morgan fingerprint density at radius 1 is 1.00 bits per heavy atom. The van der Waals surface area contributed by atoms with Crippen molar-refractivity contribution in [2.45, 2.75) is 13.8 Å². The average Bonchev–Trinajstić information content (AvgIpc) is 2.47. The first-order valence-corrected chi connectivity index (χ1v) is 6.95. The normalized spacial score (nSPS) is 10.6. The number of aryl methyl sites for hydroxylation is 2. The fourth-order valence-electron chi connectivity index (χ4n) is 2.32. The molecule has 22 heavy (non-hydrogen) atoms. The summed E-state index contributed by atoms with van der Waals surface area (Å²) in [6.45, 7) is 3.87. The van der Waals surface area contributed by atoms with Crippen molar-refractivity contribution in [1.82, 2.24) is 0 Å². The predicted octanol–water partition coefficient (Wildman–Crippen LogP) is 3.66. The third kappa shape index (κ3) is 2.76. The molecule has 0 spiro atoms. The van der Waals surface area contributed by atoms with Crippen LogP contribution >= 0.6 is 0 Å². The number of anilines is 1. The second kappa shape index (κ2) is 5.48. The van der Waals surface area contributed by atoms with Crippen LogP contribution < -0.4 is 10.9 Å². The Labute approximate surface area is 127 Å². The van der Waals surface area contributed by atoms with E-state index >= 15 is 0 Å². The number of nitrogens with one attached hydrogen (secondary N) is 1. The van der Waals surface area contributed by atoms with E-state index in [4.69, 9.17) is 4.42 Å². The van der Waals surface area contributed by atoms with Crippen LogP contribution in [0.5, 0.6) is 0 Å². The lowest BCUT2D eigenvalue weighted by atomic mass is 10.1. The summed E-state index contributed by atoms with van der Waals surface area (Å²) in [4.78, 5) is 24.3. The molecule has 3 rings (SSSR count). The summed E-state index contributed by atoms with van der Waals surface area (Å²) >= 11 is 0. The molecule has 1 heterocycles. The molecule has 4 heteroatoms. The van der Waals surface area contributed by atoms with Gasteiger partial charge in [-0.05, 0) is 49.7 Å². The van der Waals surface area contributed by atoms with Crippen molar-refractivity contribution in [3.05, 3.63) is 75.6 Å². The fraction of sp³-hybridized carbons (Fsp3) is 0.111. The number of hydrogen-bond acceptors (Lipinski definition) is 3. The van der Waals surface area contributed by atoms with Gasteiger partial charge < -0.3 is 9.73 Å². The van der Waals surface area contributed by atoms with E-state index in [9.17, 15) is 9.59 Å². The molecule has 110 valence electrons. The minimum Gasteiger partial charge on any atom is -0.422 e. The summed E-state index contributed by atoms with van der Waals surface area (Å²) in [6, 6.07) is 14.4. The molecule has 0 saturated carbocycles. The Hall–Kier alpha value is -2.88. The summed E-state index contributed by atoms with van der Waals surface area (Å²) in [5, 5.41) is 3.45. The summed E-state index contributed by atoms with van der Waals surface area (Å²) in [5.41, 5.74) is 2.54. The number of fused-ring (bicyclic) bond motifs is 1. The van der Waals surface area contributed by atoms with Gasteiger partial charge in [0.15, 0.2) is 0 Å². The molecule has 0 bridgehead atoms. The minimum atomic E-state index is -0.637. The van der Waals surface area contributed by atoms with Crippen molar-refractivity contribution in [2.24, 2.45) is 0 Å². The number of carbonyl (C=O) groups is 1. The number of hydrogen-bond donors (Lipinski definition) is 1. The summed E-state index contributed by atoms with van der Waals surface area (Å²) < 4.78 is 5.21. The molecule has 0 saturated heterocycles. The van der Waals surface area contributed by atoms with Gasteiger partial charge in [-0.25, -0.2) is 4.79 Å². The maximum Gasteiger partial charge on any atom is 0.349 e. The molecule has 0 aliphatic heterocycles. The van der Waals surface area contributed by atoms with Gasteiger partial charge in [0.25, 0.3) is 5.91 Å². The van der Waals surface area contributed by atoms with Gasteiger partial charge in [-0.1, -0.05) is 23.8 Å². The molecule has 1 N–H and O–H groups in total. The summed E-state index contributed by atoms with van der Waals surface area (Å²) in [5.74, 6) is -0.470. The molecule has 4 nitrogen and oxygen atoms in total. The van der Waals surface area contributed by atoms with Gasteiger partial charge in [0, 0.05) is 11.1 Å². The highest BCUT2D eigenvalue weighted by Gasteiger charge is 2.14. The molecule has 0 unspecified atom stereocenters. The highest BCUT2D eigenvalue weighted by Crippen LogP contribution is 2.16. The van der Waals surface area contributed by atoms with Crippen LogP contribution in [0.25, 0.3) is 11.0 Å². The summed E-state index contributed by atoms with van der Waals surface area (Å²) in [7, 11) is 0. The van der Waals surface area contributed by atoms with E-state index in [-0.39, 0.29) is 5.56 Å². The van der Waals surface area contributed by atoms with Crippen LogP contribution in [0.4, 0.5) is 5.69 Å². The molecule has 0 atom stereocenters. The molecule has 1 amide bonds. The Balaban J connectivity index is 2.00. The molecule has 0 fully saturated rings. The minimum absolute atomic E-state index is 0.000365. The van der Waals surface area contributed by atoms with Crippen molar-refractivity contribution < 1.29 is 9.21 Å². The van der Waals surface area contributed by atoms with E-state index in [0.29, 0.717) is 11.3 Å². The Morgan fingerprint density at radius 2 is 1.77 bits per heavy atom. The van der Waals surface area contributed by atoms with Crippen molar-refractivity contribution in [1.29, 1.82) is 0 Å². The third-order valence-electron chi connectivity index (χ3n) is 3.41. The Morgan fingerprint density at radius 3 is 2.55 bits per heavy atom. The van der Waals surface area contributed by atoms with Gasteiger partial charge in [0.05, 0.1) is 0 Å². The zero-order valence-corrected chi connectivity index (χ0v) is 12.3. The first kappa shape index (κ1) is 14.1. The lowest BCUT2D eigenvalue weighted by Crippen LogP contribution is -2.20. The fourth-order valence-corrected chi connectivity index (χ4v) is 2.32. The molecule has 1 aromatic heterocycles. The monoisotopic (exact) mass is 293 g/mol. The van der Waals surface area contributed by atoms with Crippen molar-refractivity contribution in [3.8, 4) is 0 Å². The molecule has 0 aliphatic carbocycles. The Kier molecular flexibility index (Phi) is 3.51. The molecular weight excluding hydrogens is 278 g/mol. The van der Waals surface area contributed by atoms with Gasteiger partial charge in [0.1, 0.15) is 11.1 Å². The van der Waals surface area contributed by atoms with Crippen molar-refractivity contribution in [2.75, 3.05) is 5.32 Å². The van der Waals surface area contributed by atoms with Crippen LogP contribution in [0.3, 0.4) is 0 Å². The van der Waals surface area contributed by atoms with Crippen LogP contribution in [-0.2, 0) is 0 Å². The predicted molar refractivity (Wildman–Crippen MR) is 86.4 cm³/mol. The van der Waals surface area contributed by atoms with E-state index in [2.05, 4.69) is 5.32 Å². The van der Waals surface area contributed by atoms with Crippen molar-refractivity contribution >= 4 is 22.6 Å².